The Balaban J connectivity index is 1.66. The lowest BCUT2D eigenvalue weighted by molar-refractivity contribution is 0.102. The van der Waals surface area contributed by atoms with Gasteiger partial charge in [0.1, 0.15) is 5.75 Å². The van der Waals surface area contributed by atoms with Crippen molar-refractivity contribution >= 4 is 34.8 Å². The molecule has 1 saturated heterocycles. The van der Waals surface area contributed by atoms with E-state index in [-0.39, 0.29) is 5.78 Å². The van der Waals surface area contributed by atoms with Crippen LogP contribution >= 0.6 is 23.1 Å². The molecule has 0 aliphatic carbocycles. The summed E-state index contributed by atoms with van der Waals surface area (Å²) in [6.07, 6.45) is 3.55. The van der Waals surface area contributed by atoms with Crippen molar-refractivity contribution in [1.29, 1.82) is 0 Å². The van der Waals surface area contributed by atoms with Crippen molar-refractivity contribution in [3.8, 4) is 11.4 Å². The van der Waals surface area contributed by atoms with Crippen LogP contribution in [-0.2, 0) is 0 Å². The van der Waals surface area contributed by atoms with E-state index in [0.29, 0.717) is 10.9 Å². The van der Waals surface area contributed by atoms with E-state index in [4.69, 9.17) is 4.74 Å². The van der Waals surface area contributed by atoms with Gasteiger partial charge in [0.05, 0.1) is 23.4 Å². The van der Waals surface area contributed by atoms with Crippen LogP contribution in [0.2, 0.25) is 0 Å². The third kappa shape index (κ3) is 4.33. The number of carbonyl (C=O) groups excluding carboxylic acids is 1. The fourth-order valence-corrected chi connectivity index (χ4v) is 5.19. The highest BCUT2D eigenvalue weighted by atomic mass is 32.2. The minimum Gasteiger partial charge on any atom is -0.495 e. The van der Waals surface area contributed by atoms with Gasteiger partial charge in [-0.1, -0.05) is 23.9 Å². The van der Waals surface area contributed by atoms with E-state index in [2.05, 4.69) is 15.1 Å². The molecule has 29 heavy (non-hydrogen) atoms. The Kier molecular flexibility index (Phi) is 6.20. The number of aryl methyl sites for hydroxylation is 1. The van der Waals surface area contributed by atoms with Crippen molar-refractivity contribution in [1.82, 2.24) is 14.8 Å². The van der Waals surface area contributed by atoms with Gasteiger partial charge in [-0.05, 0) is 50.5 Å². The molecule has 0 radical (unpaired) electrons. The minimum atomic E-state index is 0.113. The molecule has 0 saturated carbocycles. The number of ether oxygens (including phenoxy) is 1. The Morgan fingerprint density at radius 1 is 1.14 bits per heavy atom. The lowest BCUT2D eigenvalue weighted by atomic mass is 10.1. The van der Waals surface area contributed by atoms with Crippen LogP contribution in [0, 0.1) is 6.92 Å². The van der Waals surface area contributed by atoms with Gasteiger partial charge in [0.25, 0.3) is 0 Å². The molecular formula is C21H24N4O2S2. The maximum atomic E-state index is 12.6. The Labute approximate surface area is 178 Å². The first-order chi connectivity index (χ1) is 14.2. The van der Waals surface area contributed by atoms with Crippen molar-refractivity contribution in [2.24, 2.45) is 0 Å². The SMILES string of the molecule is COc1ccccc1-n1c(SCC(=O)c2ccc(C)s2)nnc1N1CCCCC1. The number of para-hydroxylation sites is 2. The van der Waals surface area contributed by atoms with E-state index in [1.54, 1.807) is 7.11 Å². The lowest BCUT2D eigenvalue weighted by Crippen LogP contribution is -2.31. The maximum absolute atomic E-state index is 12.6. The predicted octanol–water partition coefficient (Wildman–Crippen LogP) is 4.61. The molecule has 3 aromatic rings. The standard InChI is InChI=1S/C21H24N4O2S2/c1-15-10-11-19(29-15)17(26)14-28-21-23-22-20(24-12-6-3-7-13-24)25(21)16-8-4-5-9-18(16)27-2/h4-5,8-11H,3,6-7,12-14H2,1-2H3. The Morgan fingerprint density at radius 3 is 2.66 bits per heavy atom. The summed E-state index contributed by atoms with van der Waals surface area (Å²) in [5.74, 6) is 2.01. The number of aromatic nitrogens is 3. The Hall–Kier alpha value is -2.32. The number of anilines is 1. The number of methoxy groups -OCH3 is 1. The van der Waals surface area contributed by atoms with E-state index in [1.165, 1.54) is 29.5 Å². The van der Waals surface area contributed by atoms with Crippen LogP contribution in [0.25, 0.3) is 5.69 Å². The van der Waals surface area contributed by atoms with Gasteiger partial charge < -0.3 is 9.64 Å². The molecule has 6 nitrogen and oxygen atoms in total. The molecule has 152 valence electrons. The number of ketones is 1. The van der Waals surface area contributed by atoms with Crippen molar-refractivity contribution in [2.75, 3.05) is 30.9 Å². The highest BCUT2D eigenvalue weighted by molar-refractivity contribution is 7.99. The largest absolute Gasteiger partial charge is 0.495 e. The van der Waals surface area contributed by atoms with E-state index in [0.717, 1.165) is 53.1 Å². The van der Waals surface area contributed by atoms with Crippen LogP contribution in [-0.4, -0.2) is 46.5 Å². The van der Waals surface area contributed by atoms with Gasteiger partial charge in [0.2, 0.25) is 5.95 Å². The molecule has 1 aromatic carbocycles. The molecule has 0 N–H and O–H groups in total. The number of thiophene rings is 1. The molecule has 8 heteroatoms. The Bertz CT molecular complexity index is 992. The summed E-state index contributed by atoms with van der Waals surface area (Å²) in [4.78, 5) is 16.8. The van der Waals surface area contributed by atoms with Crippen LogP contribution < -0.4 is 9.64 Å². The zero-order valence-electron chi connectivity index (χ0n) is 16.6. The molecule has 0 spiro atoms. The first-order valence-corrected chi connectivity index (χ1v) is 11.5. The molecule has 0 unspecified atom stereocenters. The average molecular weight is 429 g/mol. The number of piperidine rings is 1. The number of rotatable bonds is 7. The quantitative estimate of drug-likeness (QED) is 0.405. The summed E-state index contributed by atoms with van der Waals surface area (Å²) in [7, 11) is 1.67. The Morgan fingerprint density at radius 2 is 1.93 bits per heavy atom. The van der Waals surface area contributed by atoms with E-state index in [9.17, 15) is 4.79 Å². The van der Waals surface area contributed by atoms with Gasteiger partial charge in [0.15, 0.2) is 10.9 Å². The molecule has 3 heterocycles. The lowest BCUT2D eigenvalue weighted by Gasteiger charge is -2.28. The molecular weight excluding hydrogens is 404 g/mol. The highest BCUT2D eigenvalue weighted by Crippen LogP contribution is 2.33. The molecule has 4 rings (SSSR count). The van der Waals surface area contributed by atoms with Crippen molar-refractivity contribution in [3.63, 3.8) is 0 Å². The second kappa shape index (κ2) is 9.00. The van der Waals surface area contributed by atoms with Gasteiger partial charge >= 0.3 is 0 Å². The highest BCUT2D eigenvalue weighted by Gasteiger charge is 2.24. The number of thioether (sulfide) groups is 1. The van der Waals surface area contributed by atoms with Gasteiger partial charge in [-0.3, -0.25) is 9.36 Å². The third-order valence-corrected chi connectivity index (χ3v) is 6.90. The van der Waals surface area contributed by atoms with Crippen molar-refractivity contribution < 1.29 is 9.53 Å². The third-order valence-electron chi connectivity index (χ3n) is 4.93. The van der Waals surface area contributed by atoms with Crippen LogP contribution in [0.1, 0.15) is 33.8 Å². The van der Waals surface area contributed by atoms with Gasteiger partial charge in [0, 0.05) is 18.0 Å². The van der Waals surface area contributed by atoms with E-state index >= 15 is 0 Å². The second-order valence-corrected chi connectivity index (χ2v) is 9.19. The number of Topliss-reactive ketones (excluding diaryl/α,β-unsaturated/α-hetero) is 1. The number of carbonyl (C=O) groups is 1. The topological polar surface area (TPSA) is 60.3 Å². The molecule has 0 amide bonds. The van der Waals surface area contributed by atoms with Crippen LogP contribution in [0.3, 0.4) is 0 Å². The summed E-state index contributed by atoms with van der Waals surface area (Å²) in [6.45, 7) is 3.94. The molecule has 0 atom stereocenters. The van der Waals surface area contributed by atoms with Gasteiger partial charge in [-0.15, -0.1) is 21.5 Å². The number of nitrogens with zero attached hydrogens (tertiary/aromatic N) is 4. The smallest absolute Gasteiger partial charge is 0.232 e. The zero-order chi connectivity index (χ0) is 20.2. The van der Waals surface area contributed by atoms with E-state index < -0.39 is 0 Å². The van der Waals surface area contributed by atoms with Crippen LogP contribution in [0.5, 0.6) is 5.75 Å². The van der Waals surface area contributed by atoms with Crippen molar-refractivity contribution in [3.05, 3.63) is 46.2 Å². The summed E-state index contributed by atoms with van der Waals surface area (Å²) in [5, 5.41) is 9.65. The first kappa shape index (κ1) is 20.0. The van der Waals surface area contributed by atoms with Crippen molar-refractivity contribution in [2.45, 2.75) is 31.3 Å². The van der Waals surface area contributed by atoms with Crippen LogP contribution in [0.4, 0.5) is 5.95 Å². The first-order valence-electron chi connectivity index (χ1n) is 9.73. The average Bonchev–Trinajstić information content (AvgIpc) is 3.39. The summed E-state index contributed by atoms with van der Waals surface area (Å²) in [6, 6.07) is 11.7. The fraction of sp³-hybridized carbons (Fsp3) is 0.381. The number of benzene rings is 1. The van der Waals surface area contributed by atoms with E-state index in [1.807, 2.05) is 47.9 Å². The summed E-state index contributed by atoms with van der Waals surface area (Å²) < 4.78 is 7.62. The molecule has 1 fully saturated rings. The number of hydrogen-bond donors (Lipinski definition) is 0. The predicted molar refractivity (Wildman–Crippen MR) is 118 cm³/mol. The van der Waals surface area contributed by atoms with Crippen LogP contribution in [0.15, 0.2) is 41.6 Å². The minimum absolute atomic E-state index is 0.113. The zero-order valence-corrected chi connectivity index (χ0v) is 18.3. The van der Waals surface area contributed by atoms with Gasteiger partial charge in [-0.2, -0.15) is 0 Å². The molecule has 1 aliphatic heterocycles. The normalized spacial score (nSPS) is 14.2. The molecule has 1 aliphatic rings. The number of hydrogen-bond acceptors (Lipinski definition) is 7. The second-order valence-electron chi connectivity index (χ2n) is 6.96. The summed E-state index contributed by atoms with van der Waals surface area (Å²) >= 11 is 2.95. The summed E-state index contributed by atoms with van der Waals surface area (Å²) in [5.41, 5.74) is 0.891. The monoisotopic (exact) mass is 428 g/mol. The molecule has 2 aromatic heterocycles. The maximum Gasteiger partial charge on any atom is 0.232 e. The fourth-order valence-electron chi connectivity index (χ4n) is 3.47. The van der Waals surface area contributed by atoms with Gasteiger partial charge in [-0.25, -0.2) is 0 Å². The molecule has 0 bridgehead atoms.